The molecule has 1 aromatic heterocycles. The van der Waals surface area contributed by atoms with Gasteiger partial charge in [0.05, 0.1) is 22.5 Å². The number of rotatable bonds is 4. The van der Waals surface area contributed by atoms with Crippen LogP contribution in [0.4, 0.5) is 8.78 Å². The maximum atomic E-state index is 13.9. The molecule has 6 nitrogen and oxygen atoms in total. The standard InChI is InChI=1S/C12H11ClF2N4O2/c1-5(12(20)21)6(2)19-11(16-17-18-19)7-3-10(15)8(13)4-9(7)14/h3-6H,1-2H3,(H,20,21). The number of carbonyl (C=O) groups is 1. The number of aliphatic carboxylic acids is 1. The number of benzene rings is 1. The molecule has 2 atom stereocenters. The molecular weight excluding hydrogens is 306 g/mol. The molecule has 0 bridgehead atoms. The number of tetrazole rings is 1. The molecule has 1 N–H and O–H groups in total. The monoisotopic (exact) mass is 316 g/mol. The van der Waals surface area contributed by atoms with E-state index in [1.807, 2.05) is 0 Å². The Morgan fingerprint density at radius 1 is 1.33 bits per heavy atom. The Morgan fingerprint density at radius 3 is 2.62 bits per heavy atom. The molecule has 1 heterocycles. The van der Waals surface area contributed by atoms with Gasteiger partial charge in [0.25, 0.3) is 0 Å². The summed E-state index contributed by atoms with van der Waals surface area (Å²) in [6, 6.07) is 1.04. The lowest BCUT2D eigenvalue weighted by atomic mass is 10.0. The van der Waals surface area contributed by atoms with Crippen LogP contribution < -0.4 is 0 Å². The van der Waals surface area contributed by atoms with Crippen LogP contribution in [0.2, 0.25) is 5.02 Å². The number of carboxylic acid groups (broad SMARTS) is 1. The molecule has 21 heavy (non-hydrogen) atoms. The first kappa shape index (κ1) is 15.3. The van der Waals surface area contributed by atoms with Gasteiger partial charge in [0.1, 0.15) is 11.6 Å². The second-order valence-electron chi connectivity index (χ2n) is 4.56. The van der Waals surface area contributed by atoms with Crippen molar-refractivity contribution in [2.45, 2.75) is 19.9 Å². The Hall–Kier alpha value is -2.09. The van der Waals surface area contributed by atoms with Crippen LogP contribution >= 0.6 is 11.6 Å². The van der Waals surface area contributed by atoms with E-state index in [1.165, 1.54) is 6.92 Å². The number of aromatic nitrogens is 4. The average Bonchev–Trinajstić information content (AvgIpc) is 2.90. The summed E-state index contributed by atoms with van der Waals surface area (Å²) in [6.45, 7) is 3.04. The molecule has 0 aliphatic carbocycles. The van der Waals surface area contributed by atoms with E-state index in [2.05, 4.69) is 15.5 Å². The Bertz CT molecular complexity index is 692. The van der Waals surface area contributed by atoms with Crippen molar-refractivity contribution in [1.29, 1.82) is 0 Å². The molecule has 2 aromatic rings. The largest absolute Gasteiger partial charge is 0.481 e. The zero-order valence-corrected chi connectivity index (χ0v) is 11.8. The fourth-order valence-electron chi connectivity index (χ4n) is 1.76. The van der Waals surface area contributed by atoms with Crippen molar-refractivity contribution in [3.05, 3.63) is 28.8 Å². The van der Waals surface area contributed by atoms with Gasteiger partial charge in [-0.25, -0.2) is 13.5 Å². The highest BCUT2D eigenvalue weighted by Crippen LogP contribution is 2.28. The van der Waals surface area contributed by atoms with Crippen LogP contribution in [0.5, 0.6) is 0 Å². The molecular formula is C12H11ClF2N4O2. The van der Waals surface area contributed by atoms with E-state index in [1.54, 1.807) is 6.92 Å². The van der Waals surface area contributed by atoms with Gasteiger partial charge in [-0.3, -0.25) is 4.79 Å². The van der Waals surface area contributed by atoms with Gasteiger partial charge in [0.2, 0.25) is 0 Å². The molecule has 0 spiro atoms. The number of halogens is 3. The van der Waals surface area contributed by atoms with Gasteiger partial charge in [-0.2, -0.15) is 0 Å². The first-order chi connectivity index (χ1) is 9.82. The van der Waals surface area contributed by atoms with Crippen LogP contribution in [0.1, 0.15) is 19.9 Å². The van der Waals surface area contributed by atoms with Crippen LogP contribution in [0.25, 0.3) is 11.4 Å². The lowest BCUT2D eigenvalue weighted by Gasteiger charge is -2.17. The van der Waals surface area contributed by atoms with Crippen LogP contribution in [0.3, 0.4) is 0 Å². The second-order valence-corrected chi connectivity index (χ2v) is 4.97. The molecule has 0 aliphatic heterocycles. The van der Waals surface area contributed by atoms with Crippen molar-refractivity contribution < 1.29 is 18.7 Å². The summed E-state index contributed by atoms with van der Waals surface area (Å²) in [6.07, 6.45) is 0. The molecule has 0 radical (unpaired) electrons. The van der Waals surface area contributed by atoms with Gasteiger partial charge in [-0.05, 0) is 36.4 Å². The lowest BCUT2D eigenvalue weighted by Crippen LogP contribution is -2.23. The number of nitrogens with zero attached hydrogens (tertiary/aromatic N) is 4. The Kier molecular flexibility index (Phi) is 4.17. The number of hydrogen-bond acceptors (Lipinski definition) is 4. The minimum Gasteiger partial charge on any atom is -0.481 e. The molecule has 0 saturated heterocycles. The van der Waals surface area contributed by atoms with Crippen molar-refractivity contribution in [2.24, 2.45) is 5.92 Å². The summed E-state index contributed by atoms with van der Waals surface area (Å²) in [5, 5.41) is 19.4. The molecule has 0 aliphatic rings. The molecule has 0 amide bonds. The van der Waals surface area contributed by atoms with Gasteiger partial charge in [0.15, 0.2) is 5.82 Å². The lowest BCUT2D eigenvalue weighted by molar-refractivity contribution is -0.142. The highest BCUT2D eigenvalue weighted by atomic mass is 35.5. The van der Waals surface area contributed by atoms with E-state index in [9.17, 15) is 13.6 Å². The Balaban J connectivity index is 2.51. The molecule has 1 aromatic carbocycles. The van der Waals surface area contributed by atoms with Gasteiger partial charge < -0.3 is 5.11 Å². The SMILES string of the molecule is CC(C(=O)O)C(C)n1nnnc1-c1cc(F)c(Cl)cc1F. The molecule has 2 unspecified atom stereocenters. The van der Waals surface area contributed by atoms with Crippen LogP contribution in [-0.4, -0.2) is 31.3 Å². The molecule has 2 rings (SSSR count). The van der Waals surface area contributed by atoms with Crippen molar-refractivity contribution in [3.8, 4) is 11.4 Å². The fraction of sp³-hybridized carbons (Fsp3) is 0.333. The topological polar surface area (TPSA) is 80.9 Å². The summed E-state index contributed by atoms with van der Waals surface area (Å²) in [7, 11) is 0. The minimum atomic E-state index is -1.05. The summed E-state index contributed by atoms with van der Waals surface area (Å²) in [4.78, 5) is 11.0. The first-order valence-electron chi connectivity index (χ1n) is 5.98. The van der Waals surface area contributed by atoms with Crippen molar-refractivity contribution in [3.63, 3.8) is 0 Å². The molecule has 0 saturated carbocycles. The quantitative estimate of drug-likeness (QED) is 0.877. The minimum absolute atomic E-state index is 0.0660. The van der Waals surface area contributed by atoms with E-state index in [4.69, 9.17) is 16.7 Å². The van der Waals surface area contributed by atoms with Gasteiger partial charge >= 0.3 is 5.97 Å². The predicted molar refractivity (Wildman–Crippen MR) is 69.7 cm³/mol. The van der Waals surface area contributed by atoms with Crippen LogP contribution in [0, 0.1) is 17.6 Å². The van der Waals surface area contributed by atoms with Crippen molar-refractivity contribution in [1.82, 2.24) is 20.2 Å². The second kappa shape index (κ2) is 5.72. The van der Waals surface area contributed by atoms with Crippen LogP contribution in [-0.2, 0) is 4.79 Å². The molecule has 9 heteroatoms. The van der Waals surface area contributed by atoms with Crippen molar-refractivity contribution in [2.75, 3.05) is 0 Å². The summed E-state index contributed by atoms with van der Waals surface area (Å²) in [5.74, 6) is -3.54. The predicted octanol–water partition coefficient (Wildman–Crippen LogP) is 2.55. The zero-order chi connectivity index (χ0) is 15.7. The van der Waals surface area contributed by atoms with Gasteiger partial charge in [-0.1, -0.05) is 11.6 Å². The first-order valence-corrected chi connectivity index (χ1v) is 6.36. The summed E-state index contributed by atoms with van der Waals surface area (Å²) in [5.41, 5.74) is -0.189. The van der Waals surface area contributed by atoms with Gasteiger partial charge in [-0.15, -0.1) is 5.10 Å². The molecule has 0 fully saturated rings. The third-order valence-electron chi connectivity index (χ3n) is 3.24. The van der Waals surface area contributed by atoms with Gasteiger partial charge in [0, 0.05) is 0 Å². The number of carboxylic acids is 1. The summed E-state index contributed by atoms with van der Waals surface area (Å²) >= 11 is 5.49. The van der Waals surface area contributed by atoms with E-state index in [0.29, 0.717) is 0 Å². The van der Waals surface area contributed by atoms with Crippen LogP contribution in [0.15, 0.2) is 12.1 Å². The smallest absolute Gasteiger partial charge is 0.308 e. The average molecular weight is 317 g/mol. The maximum absolute atomic E-state index is 13.9. The van der Waals surface area contributed by atoms with Crippen molar-refractivity contribution >= 4 is 17.6 Å². The van der Waals surface area contributed by atoms with E-state index < -0.39 is 29.6 Å². The highest BCUT2D eigenvalue weighted by Gasteiger charge is 2.26. The van der Waals surface area contributed by atoms with E-state index in [0.717, 1.165) is 16.8 Å². The van der Waals surface area contributed by atoms with E-state index >= 15 is 0 Å². The van der Waals surface area contributed by atoms with E-state index in [-0.39, 0.29) is 16.4 Å². The number of hydrogen-bond donors (Lipinski definition) is 1. The zero-order valence-electron chi connectivity index (χ0n) is 11.1. The fourth-order valence-corrected chi connectivity index (χ4v) is 1.91. The summed E-state index contributed by atoms with van der Waals surface area (Å²) < 4.78 is 28.6. The molecule has 112 valence electrons. The third-order valence-corrected chi connectivity index (χ3v) is 3.53. The normalized spacial score (nSPS) is 14.0. The Labute approximate surface area is 123 Å². The Morgan fingerprint density at radius 2 is 2.00 bits per heavy atom. The highest BCUT2D eigenvalue weighted by molar-refractivity contribution is 6.30. The maximum Gasteiger partial charge on any atom is 0.308 e. The third kappa shape index (κ3) is 2.85.